The Kier molecular flexibility index (Phi) is 4.52. The number of hydrogen-bond donors (Lipinski definition) is 1. The Bertz CT molecular complexity index is 464. The first-order chi connectivity index (χ1) is 9.32. The highest BCUT2D eigenvalue weighted by molar-refractivity contribution is 9.10. The number of carbonyl (C=O) groups excluding carboxylic acids is 1. The van der Waals surface area contributed by atoms with Crippen LogP contribution in [0.25, 0.3) is 0 Å². The van der Waals surface area contributed by atoms with E-state index in [1.807, 2.05) is 32.9 Å². The fourth-order valence-corrected chi connectivity index (χ4v) is 2.09. The van der Waals surface area contributed by atoms with E-state index in [1.165, 1.54) is 0 Å². The van der Waals surface area contributed by atoms with Crippen LogP contribution in [0.2, 0.25) is 0 Å². The zero-order valence-electron chi connectivity index (χ0n) is 11.9. The van der Waals surface area contributed by atoms with Crippen molar-refractivity contribution >= 4 is 22.0 Å². The third-order valence-corrected chi connectivity index (χ3v) is 3.27. The normalized spacial score (nSPS) is 21.8. The van der Waals surface area contributed by atoms with Gasteiger partial charge in [0.2, 0.25) is 5.88 Å². The van der Waals surface area contributed by atoms with E-state index < -0.39 is 5.60 Å². The van der Waals surface area contributed by atoms with Gasteiger partial charge in [0, 0.05) is 35.6 Å². The third kappa shape index (κ3) is 4.67. The second-order valence-electron chi connectivity index (χ2n) is 5.87. The lowest BCUT2D eigenvalue weighted by molar-refractivity contribution is 0.0355. The van der Waals surface area contributed by atoms with Crippen LogP contribution in [0.1, 0.15) is 33.6 Å². The number of hydrogen-bond acceptors (Lipinski definition) is 4. The Morgan fingerprint density at radius 2 is 2.10 bits per heavy atom. The number of carbonyl (C=O) groups is 1. The Hall–Kier alpha value is -1.30. The van der Waals surface area contributed by atoms with Crippen molar-refractivity contribution in [2.24, 2.45) is 0 Å². The van der Waals surface area contributed by atoms with Gasteiger partial charge in [0.1, 0.15) is 11.7 Å². The number of rotatable bonds is 3. The van der Waals surface area contributed by atoms with Crippen molar-refractivity contribution in [3.8, 4) is 5.88 Å². The van der Waals surface area contributed by atoms with Gasteiger partial charge in [0.05, 0.1) is 0 Å². The number of nitrogens with one attached hydrogen (secondary N) is 1. The SMILES string of the molecule is CC(C)(C)OC(=O)NC1CC(Oc2ccc(Br)cn2)C1. The fraction of sp³-hybridized carbons (Fsp3) is 0.571. The summed E-state index contributed by atoms with van der Waals surface area (Å²) < 4.78 is 11.8. The van der Waals surface area contributed by atoms with Crippen molar-refractivity contribution in [3.05, 3.63) is 22.8 Å². The lowest BCUT2D eigenvalue weighted by atomic mass is 9.89. The first-order valence-electron chi connectivity index (χ1n) is 6.59. The van der Waals surface area contributed by atoms with E-state index in [4.69, 9.17) is 9.47 Å². The van der Waals surface area contributed by atoms with E-state index in [1.54, 1.807) is 6.20 Å². The molecule has 1 aliphatic rings. The van der Waals surface area contributed by atoms with Gasteiger partial charge >= 0.3 is 6.09 Å². The number of amides is 1. The molecule has 0 atom stereocenters. The van der Waals surface area contributed by atoms with Gasteiger partial charge in [0.15, 0.2) is 0 Å². The summed E-state index contributed by atoms with van der Waals surface area (Å²) in [5.74, 6) is 0.605. The topological polar surface area (TPSA) is 60.5 Å². The molecule has 5 nitrogen and oxygen atoms in total. The Balaban J connectivity index is 1.70. The highest BCUT2D eigenvalue weighted by atomic mass is 79.9. The van der Waals surface area contributed by atoms with Gasteiger partial charge < -0.3 is 14.8 Å². The molecule has 1 heterocycles. The molecule has 6 heteroatoms. The first kappa shape index (κ1) is 15.1. The molecular formula is C14H19BrN2O3. The van der Waals surface area contributed by atoms with E-state index >= 15 is 0 Å². The molecular weight excluding hydrogens is 324 g/mol. The summed E-state index contributed by atoms with van der Waals surface area (Å²) in [7, 11) is 0. The fourth-order valence-electron chi connectivity index (χ4n) is 1.86. The maximum absolute atomic E-state index is 11.6. The molecule has 0 spiro atoms. The maximum Gasteiger partial charge on any atom is 0.407 e. The van der Waals surface area contributed by atoms with Crippen molar-refractivity contribution in [1.82, 2.24) is 10.3 Å². The maximum atomic E-state index is 11.6. The second-order valence-corrected chi connectivity index (χ2v) is 6.78. The summed E-state index contributed by atoms with van der Waals surface area (Å²) in [4.78, 5) is 15.7. The Morgan fingerprint density at radius 1 is 1.40 bits per heavy atom. The van der Waals surface area contributed by atoms with Crippen molar-refractivity contribution in [1.29, 1.82) is 0 Å². The minimum atomic E-state index is -0.467. The van der Waals surface area contributed by atoms with E-state index in [0.29, 0.717) is 5.88 Å². The van der Waals surface area contributed by atoms with Crippen LogP contribution in [0.15, 0.2) is 22.8 Å². The molecule has 0 bridgehead atoms. The first-order valence-corrected chi connectivity index (χ1v) is 7.39. The minimum absolute atomic E-state index is 0.101. The lowest BCUT2D eigenvalue weighted by Crippen LogP contribution is -2.50. The predicted octanol–water partition coefficient (Wildman–Crippen LogP) is 3.28. The molecule has 0 saturated heterocycles. The Morgan fingerprint density at radius 3 is 2.65 bits per heavy atom. The quantitative estimate of drug-likeness (QED) is 0.915. The zero-order chi connectivity index (χ0) is 14.8. The van der Waals surface area contributed by atoms with Crippen LogP contribution in [-0.2, 0) is 4.74 Å². The number of alkyl carbamates (subject to hydrolysis) is 1. The van der Waals surface area contributed by atoms with Crippen molar-refractivity contribution in [2.45, 2.75) is 51.4 Å². The lowest BCUT2D eigenvalue weighted by Gasteiger charge is -2.35. The molecule has 1 aliphatic carbocycles. The molecule has 1 aromatic rings. The van der Waals surface area contributed by atoms with Gasteiger partial charge in [-0.3, -0.25) is 0 Å². The molecule has 1 N–H and O–H groups in total. The van der Waals surface area contributed by atoms with Crippen molar-refractivity contribution < 1.29 is 14.3 Å². The average molecular weight is 343 g/mol. The molecule has 1 aromatic heterocycles. The molecule has 1 fully saturated rings. The van der Waals surface area contributed by atoms with Crippen molar-refractivity contribution in [2.75, 3.05) is 0 Å². The van der Waals surface area contributed by atoms with Crippen LogP contribution in [0.3, 0.4) is 0 Å². The summed E-state index contributed by atoms with van der Waals surface area (Å²) in [5.41, 5.74) is -0.467. The summed E-state index contributed by atoms with van der Waals surface area (Å²) >= 11 is 3.32. The van der Waals surface area contributed by atoms with E-state index in [2.05, 4.69) is 26.2 Å². The molecule has 2 rings (SSSR count). The smallest absolute Gasteiger partial charge is 0.407 e. The van der Waals surface area contributed by atoms with E-state index in [0.717, 1.165) is 17.3 Å². The van der Waals surface area contributed by atoms with Crippen LogP contribution in [0.4, 0.5) is 4.79 Å². The number of nitrogens with zero attached hydrogens (tertiary/aromatic N) is 1. The van der Waals surface area contributed by atoms with Crippen LogP contribution in [-0.4, -0.2) is 28.8 Å². The monoisotopic (exact) mass is 342 g/mol. The molecule has 20 heavy (non-hydrogen) atoms. The van der Waals surface area contributed by atoms with Crippen molar-refractivity contribution in [3.63, 3.8) is 0 Å². The zero-order valence-corrected chi connectivity index (χ0v) is 13.4. The van der Waals surface area contributed by atoms with Gasteiger partial charge in [-0.25, -0.2) is 9.78 Å². The molecule has 0 unspecified atom stereocenters. The third-order valence-electron chi connectivity index (χ3n) is 2.80. The minimum Gasteiger partial charge on any atom is -0.474 e. The average Bonchev–Trinajstić information content (AvgIpc) is 2.26. The number of halogens is 1. The predicted molar refractivity (Wildman–Crippen MR) is 78.7 cm³/mol. The van der Waals surface area contributed by atoms with Gasteiger partial charge in [-0.05, 0) is 42.8 Å². The highest BCUT2D eigenvalue weighted by Crippen LogP contribution is 2.25. The number of pyridine rings is 1. The summed E-state index contributed by atoms with van der Waals surface area (Å²) in [6.45, 7) is 5.54. The van der Waals surface area contributed by atoms with Gasteiger partial charge in [-0.1, -0.05) is 0 Å². The van der Waals surface area contributed by atoms with Crippen LogP contribution in [0, 0.1) is 0 Å². The molecule has 1 saturated carbocycles. The van der Waals surface area contributed by atoms with E-state index in [9.17, 15) is 4.79 Å². The van der Waals surface area contributed by atoms with Gasteiger partial charge in [0.25, 0.3) is 0 Å². The van der Waals surface area contributed by atoms with E-state index in [-0.39, 0.29) is 18.2 Å². The molecule has 1 amide bonds. The van der Waals surface area contributed by atoms with Gasteiger partial charge in [-0.15, -0.1) is 0 Å². The molecule has 0 aromatic carbocycles. The van der Waals surface area contributed by atoms with Crippen LogP contribution < -0.4 is 10.1 Å². The summed E-state index contributed by atoms with van der Waals surface area (Å²) in [6.07, 6.45) is 2.98. The summed E-state index contributed by atoms with van der Waals surface area (Å²) in [5, 5.41) is 2.83. The van der Waals surface area contributed by atoms with Crippen LogP contribution in [0.5, 0.6) is 5.88 Å². The Labute approximate surface area is 127 Å². The largest absolute Gasteiger partial charge is 0.474 e. The molecule has 0 aliphatic heterocycles. The number of aromatic nitrogens is 1. The second kappa shape index (κ2) is 5.99. The standard InChI is InChI=1S/C14H19BrN2O3/c1-14(2,3)20-13(18)17-10-6-11(7-10)19-12-5-4-9(15)8-16-12/h4-5,8,10-11H,6-7H2,1-3H3,(H,17,18). The number of ether oxygens (including phenoxy) is 2. The van der Waals surface area contributed by atoms with Gasteiger partial charge in [-0.2, -0.15) is 0 Å². The van der Waals surface area contributed by atoms with Crippen LogP contribution >= 0.6 is 15.9 Å². The molecule has 110 valence electrons. The molecule has 0 radical (unpaired) electrons. The summed E-state index contributed by atoms with van der Waals surface area (Å²) in [6, 6.07) is 3.82. The highest BCUT2D eigenvalue weighted by Gasteiger charge is 2.33.